The van der Waals surface area contributed by atoms with Gasteiger partial charge in [-0.3, -0.25) is 4.79 Å². The first-order valence-corrected chi connectivity index (χ1v) is 12.8. The molecule has 2 aliphatic heterocycles. The van der Waals surface area contributed by atoms with Crippen molar-refractivity contribution in [3.05, 3.63) is 64.1 Å². The van der Waals surface area contributed by atoms with Gasteiger partial charge in [-0.25, -0.2) is 4.79 Å². The summed E-state index contributed by atoms with van der Waals surface area (Å²) in [4.78, 5) is 27.5. The molecule has 3 N–H and O–H groups in total. The lowest BCUT2D eigenvalue weighted by Crippen LogP contribution is -2.58. The number of rotatable bonds is 5. The van der Waals surface area contributed by atoms with Crippen LogP contribution in [0.25, 0.3) is 0 Å². The van der Waals surface area contributed by atoms with Gasteiger partial charge in [0.2, 0.25) is 5.91 Å². The number of amides is 3. The number of nitrogens with one attached hydrogen (secondary N) is 2. The Hall–Kier alpha value is -2.36. The zero-order valence-corrected chi connectivity index (χ0v) is 21.5. The van der Waals surface area contributed by atoms with Crippen molar-refractivity contribution >= 4 is 40.8 Å². The molecule has 0 aliphatic carbocycles. The highest BCUT2D eigenvalue weighted by atomic mass is 35.5. The van der Waals surface area contributed by atoms with Crippen LogP contribution < -0.4 is 10.6 Å². The van der Waals surface area contributed by atoms with Crippen LogP contribution in [0.2, 0.25) is 10.0 Å². The fraction of sp³-hybridized carbons (Fsp3) is 0.462. The molecule has 2 aromatic rings. The minimum Gasteiger partial charge on any atom is -0.389 e. The van der Waals surface area contributed by atoms with Crippen molar-refractivity contribution < 1.29 is 24.2 Å². The third-order valence-electron chi connectivity index (χ3n) is 6.45. The number of β-amino-alcohol motifs (C(OH)–C–C–N with tert-alkyl or cyclic N) is 1. The highest BCUT2D eigenvalue weighted by molar-refractivity contribution is 6.35. The van der Waals surface area contributed by atoms with Crippen LogP contribution in [0, 0.1) is 0 Å². The molecule has 2 fully saturated rings. The summed E-state index contributed by atoms with van der Waals surface area (Å²) >= 11 is 12.1. The number of anilines is 1. The SMILES string of the molecule is C[C@H](NC(=O)C[C@@H]1CC[C@@H]2[C@H](COC[C@@H](O)CN2C(=O)Nc2cc(Cl)cc(Cl)c2)O1)c1ccccc1. The molecule has 0 unspecified atom stereocenters. The van der Waals surface area contributed by atoms with Gasteiger partial charge in [0.15, 0.2) is 0 Å². The quantitative estimate of drug-likeness (QED) is 0.526. The maximum absolute atomic E-state index is 13.2. The van der Waals surface area contributed by atoms with Gasteiger partial charge in [0, 0.05) is 15.7 Å². The number of ether oxygens (including phenoxy) is 2. The van der Waals surface area contributed by atoms with Crippen LogP contribution in [0.1, 0.15) is 37.8 Å². The number of benzene rings is 2. The molecule has 36 heavy (non-hydrogen) atoms. The van der Waals surface area contributed by atoms with E-state index >= 15 is 0 Å². The van der Waals surface area contributed by atoms with E-state index in [0.717, 1.165) is 5.56 Å². The van der Waals surface area contributed by atoms with E-state index in [0.29, 0.717) is 28.6 Å². The summed E-state index contributed by atoms with van der Waals surface area (Å²) < 4.78 is 11.9. The van der Waals surface area contributed by atoms with E-state index in [9.17, 15) is 14.7 Å². The molecule has 8 nitrogen and oxygen atoms in total. The molecule has 2 heterocycles. The van der Waals surface area contributed by atoms with Gasteiger partial charge in [-0.2, -0.15) is 0 Å². The van der Waals surface area contributed by atoms with Crippen LogP contribution in [0.4, 0.5) is 10.5 Å². The highest BCUT2D eigenvalue weighted by Crippen LogP contribution is 2.29. The van der Waals surface area contributed by atoms with Gasteiger partial charge in [0.25, 0.3) is 0 Å². The Labute approximate surface area is 220 Å². The topological polar surface area (TPSA) is 100 Å². The van der Waals surface area contributed by atoms with Gasteiger partial charge in [-0.1, -0.05) is 53.5 Å². The summed E-state index contributed by atoms with van der Waals surface area (Å²) in [6.07, 6.45) is -0.130. The van der Waals surface area contributed by atoms with E-state index in [1.165, 1.54) is 0 Å². The van der Waals surface area contributed by atoms with Crippen LogP contribution in [0.3, 0.4) is 0 Å². The second-order valence-corrected chi connectivity index (χ2v) is 10.2. The van der Waals surface area contributed by atoms with Crippen LogP contribution >= 0.6 is 23.2 Å². The number of hydrogen-bond donors (Lipinski definition) is 3. The Morgan fingerprint density at radius 2 is 1.83 bits per heavy atom. The zero-order valence-electron chi connectivity index (χ0n) is 20.0. The normalized spacial score (nSPS) is 25.2. The fourth-order valence-corrected chi connectivity index (χ4v) is 5.25. The van der Waals surface area contributed by atoms with Crippen LogP contribution in [0.5, 0.6) is 0 Å². The van der Waals surface area contributed by atoms with E-state index < -0.39 is 12.2 Å². The Kier molecular flexibility index (Phi) is 9.09. The molecule has 194 valence electrons. The van der Waals surface area contributed by atoms with E-state index in [2.05, 4.69) is 10.6 Å². The molecule has 2 aliphatic rings. The van der Waals surface area contributed by atoms with Crippen molar-refractivity contribution in [1.29, 1.82) is 0 Å². The maximum Gasteiger partial charge on any atom is 0.322 e. The second kappa shape index (κ2) is 12.3. The summed E-state index contributed by atoms with van der Waals surface area (Å²) in [5, 5.41) is 17.0. The predicted molar refractivity (Wildman–Crippen MR) is 138 cm³/mol. The molecule has 2 aromatic carbocycles. The van der Waals surface area contributed by atoms with Crippen LogP contribution in [-0.2, 0) is 14.3 Å². The fourth-order valence-electron chi connectivity index (χ4n) is 4.73. The number of nitrogens with zero attached hydrogens (tertiary/aromatic N) is 1. The van der Waals surface area contributed by atoms with Crippen LogP contribution in [0.15, 0.2) is 48.5 Å². The number of carbonyl (C=O) groups is 2. The van der Waals surface area contributed by atoms with E-state index in [4.69, 9.17) is 32.7 Å². The third kappa shape index (κ3) is 7.11. The summed E-state index contributed by atoms with van der Waals surface area (Å²) in [7, 11) is 0. The molecule has 0 bridgehead atoms. The number of aliphatic hydroxyl groups excluding tert-OH is 1. The minimum atomic E-state index is -0.831. The van der Waals surface area contributed by atoms with E-state index in [1.807, 2.05) is 37.3 Å². The average molecular weight is 536 g/mol. The Morgan fingerprint density at radius 3 is 2.56 bits per heavy atom. The molecule has 4 rings (SSSR count). The lowest BCUT2D eigenvalue weighted by molar-refractivity contribution is -0.150. The number of hydrogen-bond acceptors (Lipinski definition) is 5. The first kappa shape index (κ1) is 26.7. The number of urea groups is 1. The van der Waals surface area contributed by atoms with Gasteiger partial charge < -0.3 is 30.1 Å². The number of carbonyl (C=O) groups excluding carboxylic acids is 2. The van der Waals surface area contributed by atoms with Crippen molar-refractivity contribution in [2.45, 2.75) is 56.6 Å². The first-order chi connectivity index (χ1) is 17.3. The molecule has 0 saturated carbocycles. The van der Waals surface area contributed by atoms with Gasteiger partial charge in [-0.05, 0) is 43.5 Å². The summed E-state index contributed by atoms with van der Waals surface area (Å²) in [6, 6.07) is 13.7. The molecule has 0 spiro atoms. The minimum absolute atomic E-state index is 0.0824. The van der Waals surface area contributed by atoms with Gasteiger partial charge in [0.05, 0.1) is 50.5 Å². The smallest absolute Gasteiger partial charge is 0.322 e. The standard InChI is InChI=1S/C26H31Cl2N3O5/c1-16(17-5-3-2-4-6-17)29-25(33)12-22-7-8-23-24(36-22)15-35-14-21(32)13-31(23)26(34)30-20-10-18(27)9-19(28)11-20/h2-6,9-11,16,21-24,32H,7-8,12-15H2,1H3,(H,29,33)(H,30,34)/t16-,21-,22-,23+,24-/m0/s1. The van der Waals surface area contributed by atoms with E-state index in [1.54, 1.807) is 23.1 Å². The molecule has 3 amide bonds. The van der Waals surface area contributed by atoms with Crippen molar-refractivity contribution in [1.82, 2.24) is 10.2 Å². The van der Waals surface area contributed by atoms with Gasteiger partial charge >= 0.3 is 6.03 Å². The second-order valence-electron chi connectivity index (χ2n) is 9.28. The summed E-state index contributed by atoms with van der Waals surface area (Å²) in [5.41, 5.74) is 1.49. The molecule has 2 saturated heterocycles. The Balaban J connectivity index is 1.39. The monoisotopic (exact) mass is 535 g/mol. The Bertz CT molecular complexity index is 1040. The highest BCUT2D eigenvalue weighted by Gasteiger charge is 2.40. The number of halogens is 2. The summed E-state index contributed by atoms with van der Waals surface area (Å²) in [6.45, 7) is 2.33. The van der Waals surface area contributed by atoms with E-state index in [-0.39, 0.29) is 56.3 Å². The van der Waals surface area contributed by atoms with Gasteiger partial charge in [0.1, 0.15) is 6.10 Å². The lowest BCUT2D eigenvalue weighted by atomic mass is 9.94. The number of aliphatic hydroxyl groups is 1. The molecule has 10 heteroatoms. The Morgan fingerprint density at radius 1 is 1.11 bits per heavy atom. The maximum atomic E-state index is 13.2. The van der Waals surface area contributed by atoms with Crippen molar-refractivity contribution in [2.75, 3.05) is 25.1 Å². The largest absolute Gasteiger partial charge is 0.389 e. The lowest BCUT2D eigenvalue weighted by Gasteiger charge is -2.44. The van der Waals surface area contributed by atoms with Crippen molar-refractivity contribution in [3.63, 3.8) is 0 Å². The van der Waals surface area contributed by atoms with Gasteiger partial charge in [-0.15, -0.1) is 0 Å². The molecular weight excluding hydrogens is 505 g/mol. The van der Waals surface area contributed by atoms with Crippen molar-refractivity contribution in [3.8, 4) is 0 Å². The third-order valence-corrected chi connectivity index (χ3v) is 6.88. The predicted octanol–water partition coefficient (Wildman–Crippen LogP) is 4.40. The van der Waals surface area contributed by atoms with Crippen LogP contribution in [-0.4, -0.2) is 66.1 Å². The molecule has 0 radical (unpaired) electrons. The summed E-state index contributed by atoms with van der Waals surface area (Å²) in [5.74, 6) is -0.0931. The van der Waals surface area contributed by atoms with Crippen molar-refractivity contribution in [2.24, 2.45) is 0 Å². The molecule has 5 atom stereocenters. The molecule has 0 aromatic heterocycles. The number of fused-ring (bicyclic) bond motifs is 1. The average Bonchev–Trinajstić information content (AvgIpc) is 2.81. The zero-order chi connectivity index (χ0) is 25.7. The molecular formula is C26H31Cl2N3O5. The first-order valence-electron chi connectivity index (χ1n) is 12.1.